The third-order valence-corrected chi connectivity index (χ3v) is 0. The summed E-state index contributed by atoms with van der Waals surface area (Å²) in [4.78, 5) is 0. The molecule has 0 aliphatic carbocycles. The van der Waals surface area contributed by atoms with Crippen molar-refractivity contribution in [1.82, 2.24) is 0 Å². The van der Waals surface area contributed by atoms with Gasteiger partial charge in [-0.25, -0.2) is 0 Å². The van der Waals surface area contributed by atoms with E-state index in [1.54, 1.807) is 0 Å². The van der Waals surface area contributed by atoms with Crippen LogP contribution in [0, 0.1) is 0 Å². The van der Waals surface area contributed by atoms with Gasteiger partial charge in [0, 0.05) is 58.5 Å². The third kappa shape index (κ3) is 9.51. The maximum absolute atomic E-state index is 0. The number of rotatable bonds is 0. The minimum Gasteiger partial charge on any atom is 0 e. The second-order valence-corrected chi connectivity index (χ2v) is 0. The van der Waals surface area contributed by atoms with Crippen LogP contribution in [-0.2, 0) is 22.3 Å². The molecule has 0 aromatic heterocycles. The smallest absolute Gasteiger partial charge is 0 e. The first-order valence-corrected chi connectivity index (χ1v) is 0. The van der Waals surface area contributed by atoms with Gasteiger partial charge in [-0.15, -0.1) is 0 Å². The minimum atomic E-state index is 0. The second-order valence-electron chi connectivity index (χ2n) is 0. The van der Waals surface area contributed by atoms with Gasteiger partial charge >= 0.3 is 0 Å². The first-order chi connectivity index (χ1) is 0. The monoisotopic (exact) mass is 109 g/mol. The van der Waals surface area contributed by atoms with Crippen LogP contribution in [0.2, 0.25) is 0 Å². The largest absolute Gasteiger partial charge is 0 e. The molecule has 0 saturated carbocycles. The Morgan fingerprint density at radius 2 is 1.00 bits per heavy atom. The summed E-state index contributed by atoms with van der Waals surface area (Å²) in [5.74, 6) is 0. The molecule has 0 spiro atoms. The summed E-state index contributed by atoms with van der Waals surface area (Å²) < 4.78 is 0. The van der Waals surface area contributed by atoms with Crippen LogP contribution in [0.5, 0.6) is 0 Å². The van der Waals surface area contributed by atoms with E-state index in [2.05, 4.69) is 0 Å². The average molecular weight is 109 g/mol. The molecule has 0 rings (SSSR count). The predicted octanol–water partition coefficient (Wildman–Crippen LogP) is -0.883. The molecule has 4 heteroatoms. The zero-order valence-electron chi connectivity index (χ0n) is 2.32. The van der Waals surface area contributed by atoms with E-state index in [0.717, 1.165) is 0 Å². The van der Waals surface area contributed by atoms with E-state index < -0.39 is 0 Å². The predicted molar refractivity (Wildman–Crippen MR) is 12.2 cm³/mol. The van der Waals surface area contributed by atoms with Crippen LogP contribution in [-0.4, -0.2) is 36.2 Å². The molecule has 1 nitrogen and oxygen atoms in total. The van der Waals surface area contributed by atoms with Gasteiger partial charge in [-0.1, -0.05) is 0 Å². The molecule has 7 radical (unpaired) electrons. The van der Waals surface area contributed by atoms with Gasteiger partial charge in [0.2, 0.25) is 0 Å². The van der Waals surface area contributed by atoms with Crippen LogP contribution in [0.4, 0.5) is 0 Å². The standard InChI is InChI=1S/Al.Co.Li.O. The van der Waals surface area contributed by atoms with Gasteiger partial charge in [0.1, 0.15) is 0 Å². The normalized spacial score (nSPS) is 0. The van der Waals surface area contributed by atoms with E-state index in [-0.39, 0.29) is 58.5 Å². The average Bonchev–Trinajstić information content (AvgIpc) is 0. The molecule has 4 heavy (non-hydrogen) atoms. The second kappa shape index (κ2) is 23.3. The molecule has 0 bridgehead atoms. The molecule has 19 valence electrons. The van der Waals surface area contributed by atoms with Crippen molar-refractivity contribution in [3.8, 4) is 0 Å². The summed E-state index contributed by atoms with van der Waals surface area (Å²) in [5, 5.41) is 0. The van der Waals surface area contributed by atoms with Crippen molar-refractivity contribution in [2.24, 2.45) is 0 Å². The van der Waals surface area contributed by atoms with Gasteiger partial charge in [0.25, 0.3) is 0 Å². The van der Waals surface area contributed by atoms with E-state index in [1.165, 1.54) is 0 Å². The molecule has 0 heterocycles. The van der Waals surface area contributed by atoms with Crippen LogP contribution in [0.1, 0.15) is 0 Å². The molecule has 0 fully saturated rings. The van der Waals surface area contributed by atoms with Crippen molar-refractivity contribution >= 4 is 36.2 Å². The molecule has 0 N–H and O–H groups in total. The topological polar surface area (TPSA) is 28.5 Å². The fraction of sp³-hybridized carbons (Fsp3) is 0. The third-order valence-electron chi connectivity index (χ3n) is 0. The molecule has 0 aromatic carbocycles. The van der Waals surface area contributed by atoms with Gasteiger partial charge in [-0.05, 0) is 0 Å². The quantitative estimate of drug-likeness (QED) is 0.361. The van der Waals surface area contributed by atoms with E-state index in [9.17, 15) is 0 Å². The van der Waals surface area contributed by atoms with Crippen molar-refractivity contribution in [3.05, 3.63) is 0 Å². The molecule has 0 aliphatic rings. The minimum absolute atomic E-state index is 0. The summed E-state index contributed by atoms with van der Waals surface area (Å²) in [7, 11) is 0. The molecule has 0 atom stereocenters. The van der Waals surface area contributed by atoms with Crippen LogP contribution >= 0.6 is 0 Å². The Hall–Kier alpha value is 1.60. The summed E-state index contributed by atoms with van der Waals surface area (Å²) in [6.07, 6.45) is 0. The van der Waals surface area contributed by atoms with Gasteiger partial charge in [0.15, 0.2) is 0 Å². The number of hydrogen-bond acceptors (Lipinski definition) is 0. The number of hydrogen-bond donors (Lipinski definition) is 0. The van der Waals surface area contributed by atoms with E-state index in [0.29, 0.717) is 0 Å². The molecule has 0 unspecified atom stereocenters. The summed E-state index contributed by atoms with van der Waals surface area (Å²) in [6, 6.07) is 0. The van der Waals surface area contributed by atoms with Crippen molar-refractivity contribution in [2.45, 2.75) is 0 Å². The fourth-order valence-corrected chi connectivity index (χ4v) is 0. The van der Waals surface area contributed by atoms with Crippen molar-refractivity contribution in [1.29, 1.82) is 0 Å². The van der Waals surface area contributed by atoms with Gasteiger partial charge < -0.3 is 0 Å². The van der Waals surface area contributed by atoms with Gasteiger partial charge in [-0.3, -0.25) is 0 Å². The Morgan fingerprint density at radius 3 is 1.00 bits per heavy atom. The van der Waals surface area contributed by atoms with E-state index >= 15 is 0 Å². The summed E-state index contributed by atoms with van der Waals surface area (Å²) in [5.41, 5.74) is 0. The molecule has 0 aromatic rings. The molecule has 0 amide bonds. The van der Waals surface area contributed by atoms with Crippen molar-refractivity contribution in [3.63, 3.8) is 0 Å². The Bertz CT molecular complexity index is 8.00. The zero-order chi connectivity index (χ0) is 0. The van der Waals surface area contributed by atoms with Crippen LogP contribution < -0.4 is 0 Å². The van der Waals surface area contributed by atoms with Crippen LogP contribution in [0.15, 0.2) is 0 Å². The maximum atomic E-state index is 0. The summed E-state index contributed by atoms with van der Waals surface area (Å²) >= 11 is 0. The first kappa shape index (κ1) is 46.4. The van der Waals surface area contributed by atoms with E-state index in [4.69, 9.17) is 0 Å². The first-order valence-electron chi connectivity index (χ1n) is 0. The van der Waals surface area contributed by atoms with E-state index in [1.807, 2.05) is 0 Å². The molecule has 0 aliphatic heterocycles. The molecular weight excluding hydrogens is 109 g/mol. The zero-order valence-corrected chi connectivity index (χ0v) is 4.51. The Labute approximate surface area is 58.3 Å². The van der Waals surface area contributed by atoms with Crippen LogP contribution in [0.3, 0.4) is 0 Å². The Kier molecular flexibility index (Phi) is 271. The van der Waals surface area contributed by atoms with Crippen LogP contribution in [0.25, 0.3) is 0 Å². The maximum Gasteiger partial charge on any atom is 0 e. The van der Waals surface area contributed by atoms with Gasteiger partial charge in [-0.2, -0.15) is 0 Å². The van der Waals surface area contributed by atoms with Crippen molar-refractivity contribution < 1.29 is 22.3 Å². The van der Waals surface area contributed by atoms with Gasteiger partial charge in [0.05, 0.1) is 0 Å². The Morgan fingerprint density at radius 1 is 1.00 bits per heavy atom. The fourth-order valence-electron chi connectivity index (χ4n) is 0. The van der Waals surface area contributed by atoms with Crippen molar-refractivity contribution in [2.75, 3.05) is 0 Å². The molecular formula is AlCoLiO. The SMILES string of the molecule is [Al].[Co].[Li].[O]. The summed E-state index contributed by atoms with van der Waals surface area (Å²) in [6.45, 7) is 0. The molecule has 0 saturated heterocycles. The Balaban J connectivity index is 0.